The molecule has 1 aromatic heterocycles. The van der Waals surface area contributed by atoms with E-state index < -0.39 is 73.7 Å². The van der Waals surface area contributed by atoms with Gasteiger partial charge in [-0.3, -0.25) is 23.9 Å². The molecule has 2 saturated carbocycles. The standard InChI is InChI=1S/C36H43N3O9S/c1-5-23-19-36(23,34(43)38-49(44,45)26-10-11-26)20-30(40)29-17-25-21-39(29)33(42)28(35(2,3)4)18-31(41)47-15-7-6-14-46-24-9-8-22-12-13-37-32(48-25)27(22)16-24/h5-9,12-13,16,23,25-26,28-29H,1,10-11,14-15,17-21H2,2-4H3,(H,38,43)/b7-6+/t23-,25?,28+,29?,36+/m0/s1. The summed E-state index contributed by atoms with van der Waals surface area (Å²) in [6.45, 7) is 9.63. The van der Waals surface area contributed by atoms with E-state index in [0.29, 0.717) is 29.9 Å². The van der Waals surface area contributed by atoms with Gasteiger partial charge in [-0.25, -0.2) is 13.4 Å². The number of carbonyl (C=O) groups excluding carboxylic acids is 4. The largest absolute Gasteiger partial charge is 0.490 e. The second kappa shape index (κ2) is 13.2. The zero-order valence-corrected chi connectivity index (χ0v) is 28.9. The van der Waals surface area contributed by atoms with Crippen molar-refractivity contribution >= 4 is 44.4 Å². The summed E-state index contributed by atoms with van der Waals surface area (Å²) in [5.41, 5.74) is -1.96. The number of amides is 2. The van der Waals surface area contributed by atoms with Crippen molar-refractivity contribution in [3.8, 4) is 11.6 Å². The second-order valence-corrected chi connectivity index (χ2v) is 16.6. The van der Waals surface area contributed by atoms with Gasteiger partial charge in [0.2, 0.25) is 27.7 Å². The van der Waals surface area contributed by atoms with Crippen LogP contribution in [0.1, 0.15) is 59.3 Å². The summed E-state index contributed by atoms with van der Waals surface area (Å²) in [7, 11) is -3.84. The second-order valence-electron chi connectivity index (χ2n) is 14.6. The molecule has 0 radical (unpaired) electrons. The normalized spacial score (nSPS) is 28.4. The number of ketones is 1. The summed E-state index contributed by atoms with van der Waals surface area (Å²) in [5.74, 6) is -2.41. The zero-order valence-electron chi connectivity index (χ0n) is 28.1. The quantitative estimate of drug-likeness (QED) is 0.333. The van der Waals surface area contributed by atoms with Gasteiger partial charge in [0.1, 0.15) is 25.1 Å². The number of hydrogen-bond donors (Lipinski definition) is 1. The number of pyridine rings is 1. The number of Topliss-reactive ketones (excluding diaryl/α,β-unsaturated/α-hetero) is 1. The van der Waals surface area contributed by atoms with Crippen LogP contribution in [0.2, 0.25) is 0 Å². The lowest BCUT2D eigenvalue weighted by atomic mass is 9.77. The number of nitrogens with zero attached hydrogens (tertiary/aromatic N) is 2. The summed E-state index contributed by atoms with van der Waals surface area (Å²) in [4.78, 5) is 61.1. The molecule has 3 heterocycles. The van der Waals surface area contributed by atoms with Gasteiger partial charge in [0.25, 0.3) is 0 Å². The van der Waals surface area contributed by atoms with Gasteiger partial charge >= 0.3 is 5.97 Å². The first-order valence-electron chi connectivity index (χ1n) is 16.7. The molecule has 13 heteroatoms. The Labute approximate surface area is 286 Å². The minimum Gasteiger partial charge on any atom is -0.490 e. The van der Waals surface area contributed by atoms with Crippen LogP contribution in [0.3, 0.4) is 0 Å². The predicted octanol–water partition coefficient (Wildman–Crippen LogP) is 3.89. The molecular formula is C36H43N3O9S. The average molecular weight is 694 g/mol. The van der Waals surface area contributed by atoms with E-state index in [2.05, 4.69) is 16.3 Å². The number of benzene rings is 1. The topological polar surface area (TPSA) is 158 Å². The maximum atomic E-state index is 14.4. The molecule has 3 fully saturated rings. The number of hydrogen-bond acceptors (Lipinski definition) is 10. The minimum absolute atomic E-state index is 0.00482. The molecule has 4 bridgehead atoms. The van der Waals surface area contributed by atoms with E-state index in [9.17, 15) is 27.6 Å². The number of ether oxygens (including phenoxy) is 3. The number of carbonyl (C=O) groups is 4. The van der Waals surface area contributed by atoms with E-state index in [-0.39, 0.29) is 45.4 Å². The maximum absolute atomic E-state index is 14.4. The van der Waals surface area contributed by atoms with Gasteiger partial charge in [-0.05, 0) is 66.3 Å². The van der Waals surface area contributed by atoms with E-state index in [0.717, 1.165) is 5.39 Å². The molecule has 12 nitrogen and oxygen atoms in total. The van der Waals surface area contributed by atoms with Gasteiger partial charge in [-0.15, -0.1) is 6.58 Å². The molecule has 5 atom stereocenters. The Morgan fingerprint density at radius 2 is 1.86 bits per heavy atom. The van der Waals surface area contributed by atoms with Gasteiger partial charge < -0.3 is 19.1 Å². The molecule has 1 saturated heterocycles. The number of cyclic esters (lactones) is 1. The predicted molar refractivity (Wildman–Crippen MR) is 180 cm³/mol. The number of sulfonamides is 1. The number of nitrogens with one attached hydrogen (secondary N) is 1. The molecule has 2 amide bonds. The summed E-state index contributed by atoms with van der Waals surface area (Å²) >= 11 is 0. The first-order chi connectivity index (χ1) is 23.2. The van der Waals surface area contributed by atoms with Crippen molar-refractivity contribution in [3.63, 3.8) is 0 Å². The monoisotopic (exact) mass is 693 g/mol. The van der Waals surface area contributed by atoms with Crippen LogP contribution in [-0.2, 0) is 33.9 Å². The van der Waals surface area contributed by atoms with Crippen molar-refractivity contribution in [2.75, 3.05) is 19.8 Å². The Morgan fingerprint density at radius 1 is 1.12 bits per heavy atom. The zero-order chi connectivity index (χ0) is 35.1. The lowest BCUT2D eigenvalue weighted by Crippen LogP contribution is -2.48. The van der Waals surface area contributed by atoms with Crippen molar-refractivity contribution in [2.45, 2.75) is 76.7 Å². The summed E-state index contributed by atoms with van der Waals surface area (Å²) in [6, 6.07) is 6.37. The van der Waals surface area contributed by atoms with Crippen molar-refractivity contribution < 1.29 is 41.8 Å². The van der Waals surface area contributed by atoms with Crippen LogP contribution in [0.5, 0.6) is 11.6 Å². The van der Waals surface area contributed by atoms with E-state index in [1.54, 1.807) is 24.4 Å². The maximum Gasteiger partial charge on any atom is 0.306 e. The Hall–Kier alpha value is -4.26. The molecule has 2 aliphatic carbocycles. The van der Waals surface area contributed by atoms with Gasteiger partial charge in [-0.2, -0.15) is 0 Å². The SMILES string of the molecule is C=C[C@H]1C[C@]1(CC(=O)C1CC2CN1C(=O)[C@H](C(C)(C)C)CC(=O)OC/C=C/COc1ccc3ccnc(c3c1)O2)C(=O)NS(=O)(=O)C1CC1. The number of aromatic nitrogens is 1. The third-order valence-electron chi connectivity index (χ3n) is 10.0. The molecule has 49 heavy (non-hydrogen) atoms. The molecule has 1 N–H and O–H groups in total. The number of rotatable bonds is 7. The molecule has 262 valence electrons. The Kier molecular flexibility index (Phi) is 9.33. The Balaban J connectivity index is 1.33. The Bertz CT molecular complexity index is 1810. The van der Waals surface area contributed by atoms with Crippen LogP contribution in [-0.4, -0.2) is 79.0 Å². The third kappa shape index (κ3) is 7.36. The van der Waals surface area contributed by atoms with Crippen molar-refractivity contribution in [1.82, 2.24) is 14.6 Å². The van der Waals surface area contributed by atoms with E-state index >= 15 is 0 Å². The van der Waals surface area contributed by atoms with Gasteiger partial charge in [0.05, 0.1) is 35.6 Å². The van der Waals surface area contributed by atoms with E-state index in [4.69, 9.17) is 14.2 Å². The van der Waals surface area contributed by atoms with Gasteiger partial charge in [-0.1, -0.05) is 32.9 Å². The van der Waals surface area contributed by atoms with Crippen molar-refractivity contribution in [1.29, 1.82) is 0 Å². The number of esters is 1. The van der Waals surface area contributed by atoms with Crippen molar-refractivity contribution in [2.24, 2.45) is 22.7 Å². The fraction of sp³-hybridized carbons (Fsp3) is 0.528. The fourth-order valence-electron chi connectivity index (χ4n) is 6.81. The molecular weight excluding hydrogens is 650 g/mol. The molecule has 4 aliphatic rings. The lowest BCUT2D eigenvalue weighted by Gasteiger charge is -2.34. The molecule has 0 spiro atoms. The first-order valence-corrected chi connectivity index (χ1v) is 18.3. The minimum atomic E-state index is -3.84. The fourth-order valence-corrected chi connectivity index (χ4v) is 8.20. The van der Waals surface area contributed by atoms with Crippen molar-refractivity contribution in [3.05, 3.63) is 55.3 Å². The summed E-state index contributed by atoms with van der Waals surface area (Å²) in [6.07, 6.45) is 6.81. The highest BCUT2D eigenvalue weighted by molar-refractivity contribution is 7.90. The smallest absolute Gasteiger partial charge is 0.306 e. The van der Waals surface area contributed by atoms with E-state index in [1.807, 2.05) is 45.0 Å². The first kappa shape index (κ1) is 34.6. The molecule has 2 aromatic rings. The Morgan fingerprint density at radius 3 is 2.53 bits per heavy atom. The van der Waals surface area contributed by atoms with Crippen LogP contribution >= 0.6 is 0 Å². The van der Waals surface area contributed by atoms with Crippen LogP contribution in [0.15, 0.2) is 55.3 Å². The van der Waals surface area contributed by atoms with Crippen LogP contribution in [0.4, 0.5) is 0 Å². The van der Waals surface area contributed by atoms with Gasteiger partial charge in [0.15, 0.2) is 5.78 Å². The summed E-state index contributed by atoms with van der Waals surface area (Å²) < 4.78 is 45.3. The molecule has 1 aromatic carbocycles. The van der Waals surface area contributed by atoms with Crippen LogP contribution in [0.25, 0.3) is 10.8 Å². The highest BCUT2D eigenvalue weighted by atomic mass is 32.2. The lowest BCUT2D eigenvalue weighted by molar-refractivity contribution is -0.152. The number of fused-ring (bicyclic) bond motifs is 3. The van der Waals surface area contributed by atoms with E-state index in [1.165, 1.54) is 4.90 Å². The number of allylic oxidation sites excluding steroid dienone is 1. The summed E-state index contributed by atoms with van der Waals surface area (Å²) in [5, 5.41) is 0.948. The molecule has 2 aliphatic heterocycles. The van der Waals surface area contributed by atoms with Gasteiger partial charge in [0, 0.05) is 24.4 Å². The molecule has 6 rings (SSSR count). The highest BCUT2D eigenvalue weighted by Gasteiger charge is 2.61. The van der Waals surface area contributed by atoms with Crippen LogP contribution < -0.4 is 14.2 Å². The molecule has 2 unspecified atom stereocenters. The van der Waals surface area contributed by atoms with Crippen LogP contribution in [0, 0.1) is 22.7 Å². The third-order valence-corrected chi connectivity index (χ3v) is 11.8. The average Bonchev–Trinajstić information content (AvgIpc) is 3.97. The highest BCUT2D eigenvalue weighted by Crippen LogP contribution is 2.57.